The van der Waals surface area contributed by atoms with Crippen molar-refractivity contribution in [3.63, 3.8) is 0 Å². The number of aryl methyl sites for hydroxylation is 1. The van der Waals surface area contributed by atoms with Gasteiger partial charge in [-0.15, -0.1) is 0 Å². The number of nitrogen functional groups attached to an aromatic ring is 1. The number of hydrogen-bond donors (Lipinski definition) is 4. The molecule has 19 heavy (non-hydrogen) atoms. The predicted octanol–water partition coefficient (Wildman–Crippen LogP) is -1.16. The van der Waals surface area contributed by atoms with Crippen LogP contribution in [0.3, 0.4) is 0 Å². The van der Waals surface area contributed by atoms with E-state index >= 15 is 0 Å². The van der Waals surface area contributed by atoms with Gasteiger partial charge in [0.05, 0.1) is 10.6 Å². The van der Waals surface area contributed by atoms with E-state index in [4.69, 9.17) is 16.6 Å². The average Bonchev–Trinajstić information content (AvgIpc) is 2.32. The molecule has 0 bridgehead atoms. The average molecular weight is 291 g/mol. The van der Waals surface area contributed by atoms with Gasteiger partial charge in [0.2, 0.25) is 15.9 Å². The summed E-state index contributed by atoms with van der Waals surface area (Å²) in [6.07, 6.45) is -1.64. The molecular weight excluding hydrogens is 277 g/mol. The van der Waals surface area contributed by atoms with E-state index in [1.54, 1.807) is 0 Å². The Labute approximate surface area is 109 Å². The SMILES string of the molecule is Cc1cc(S(=O)(=O)NCC(O)C(N)=O)cc(N)c1F. The molecule has 7 nitrogen and oxygen atoms in total. The Balaban J connectivity index is 2.98. The molecule has 0 spiro atoms. The van der Waals surface area contributed by atoms with Crippen LogP contribution in [0.1, 0.15) is 5.56 Å². The van der Waals surface area contributed by atoms with Crippen molar-refractivity contribution in [3.8, 4) is 0 Å². The Hall–Kier alpha value is -1.71. The highest BCUT2D eigenvalue weighted by Crippen LogP contribution is 2.20. The molecule has 9 heteroatoms. The largest absolute Gasteiger partial charge is 0.396 e. The zero-order chi connectivity index (χ0) is 14.8. The van der Waals surface area contributed by atoms with Crippen molar-refractivity contribution in [2.24, 2.45) is 5.73 Å². The molecule has 0 aliphatic rings. The number of rotatable bonds is 5. The lowest BCUT2D eigenvalue weighted by Crippen LogP contribution is -2.39. The van der Waals surface area contributed by atoms with Gasteiger partial charge >= 0.3 is 0 Å². The van der Waals surface area contributed by atoms with Gasteiger partial charge in [0, 0.05) is 6.54 Å². The second-order valence-electron chi connectivity index (χ2n) is 3.91. The first-order valence-corrected chi connectivity index (χ1v) is 6.66. The van der Waals surface area contributed by atoms with Gasteiger partial charge in [-0.3, -0.25) is 4.79 Å². The van der Waals surface area contributed by atoms with Crippen LogP contribution in [-0.4, -0.2) is 32.1 Å². The maximum atomic E-state index is 13.3. The number of nitrogens with two attached hydrogens (primary N) is 2. The summed E-state index contributed by atoms with van der Waals surface area (Å²) in [6, 6.07) is 2.03. The molecule has 0 saturated heterocycles. The van der Waals surface area contributed by atoms with Crippen LogP contribution >= 0.6 is 0 Å². The topological polar surface area (TPSA) is 136 Å². The summed E-state index contributed by atoms with van der Waals surface area (Å²) in [5, 5.41) is 9.10. The minimum absolute atomic E-state index is 0.0656. The van der Waals surface area contributed by atoms with E-state index in [0.29, 0.717) is 0 Å². The van der Waals surface area contributed by atoms with E-state index < -0.39 is 34.4 Å². The zero-order valence-corrected chi connectivity index (χ0v) is 10.9. The number of carbonyl (C=O) groups excluding carboxylic acids is 1. The standard InChI is InChI=1S/C10H14FN3O4S/c1-5-2-6(3-7(12)9(5)11)19(17,18)14-4-8(15)10(13)16/h2-3,8,14-15H,4,12H2,1H3,(H2,13,16). The third kappa shape index (κ3) is 3.63. The molecule has 106 valence electrons. The van der Waals surface area contributed by atoms with Gasteiger partial charge in [-0.1, -0.05) is 0 Å². The number of primary amides is 1. The van der Waals surface area contributed by atoms with Crippen LogP contribution in [0.2, 0.25) is 0 Å². The van der Waals surface area contributed by atoms with Crippen molar-refractivity contribution in [2.45, 2.75) is 17.9 Å². The van der Waals surface area contributed by atoms with Crippen molar-refractivity contribution >= 4 is 21.6 Å². The molecule has 0 heterocycles. The highest BCUT2D eigenvalue weighted by molar-refractivity contribution is 7.89. The number of aliphatic hydroxyl groups excluding tert-OH is 1. The molecule has 0 radical (unpaired) electrons. The number of nitrogens with one attached hydrogen (secondary N) is 1. The Bertz CT molecular complexity index is 580. The fraction of sp³-hybridized carbons (Fsp3) is 0.300. The number of carbonyl (C=O) groups is 1. The minimum Gasteiger partial charge on any atom is -0.396 e. The van der Waals surface area contributed by atoms with Gasteiger partial charge < -0.3 is 16.6 Å². The van der Waals surface area contributed by atoms with Gasteiger partial charge in [-0.2, -0.15) is 0 Å². The Morgan fingerprint density at radius 1 is 1.53 bits per heavy atom. The number of hydrogen-bond acceptors (Lipinski definition) is 5. The normalized spacial score (nSPS) is 13.2. The number of aliphatic hydroxyl groups is 1. The van der Waals surface area contributed by atoms with Crippen LogP contribution in [-0.2, 0) is 14.8 Å². The van der Waals surface area contributed by atoms with Crippen molar-refractivity contribution in [3.05, 3.63) is 23.5 Å². The monoisotopic (exact) mass is 291 g/mol. The summed E-state index contributed by atoms with van der Waals surface area (Å²) in [6.45, 7) is 0.789. The van der Waals surface area contributed by atoms with Crippen molar-refractivity contribution in [1.29, 1.82) is 0 Å². The number of benzene rings is 1. The second-order valence-corrected chi connectivity index (χ2v) is 5.68. The summed E-state index contributed by atoms with van der Waals surface area (Å²) in [4.78, 5) is 10.3. The summed E-state index contributed by atoms with van der Waals surface area (Å²) in [5.74, 6) is -1.76. The smallest absolute Gasteiger partial charge is 0.247 e. The fourth-order valence-corrected chi connectivity index (χ4v) is 2.45. The van der Waals surface area contributed by atoms with Crippen LogP contribution in [0.5, 0.6) is 0 Å². The van der Waals surface area contributed by atoms with Crippen molar-refractivity contribution in [2.75, 3.05) is 12.3 Å². The Morgan fingerprint density at radius 2 is 2.11 bits per heavy atom. The molecule has 1 amide bonds. The summed E-state index contributed by atoms with van der Waals surface area (Å²) < 4.78 is 38.9. The van der Waals surface area contributed by atoms with E-state index in [1.165, 1.54) is 6.92 Å². The third-order valence-electron chi connectivity index (χ3n) is 2.36. The van der Waals surface area contributed by atoms with Crippen LogP contribution in [0.25, 0.3) is 0 Å². The van der Waals surface area contributed by atoms with E-state index in [2.05, 4.69) is 0 Å². The number of sulfonamides is 1. The highest BCUT2D eigenvalue weighted by atomic mass is 32.2. The van der Waals surface area contributed by atoms with E-state index in [1.807, 2.05) is 4.72 Å². The minimum atomic E-state index is -4.02. The van der Waals surface area contributed by atoms with Gasteiger partial charge in [-0.05, 0) is 24.6 Å². The van der Waals surface area contributed by atoms with E-state index in [0.717, 1.165) is 12.1 Å². The van der Waals surface area contributed by atoms with Gasteiger partial charge in [-0.25, -0.2) is 17.5 Å². The first-order valence-electron chi connectivity index (χ1n) is 5.18. The van der Waals surface area contributed by atoms with Gasteiger partial charge in [0.1, 0.15) is 11.9 Å². The van der Waals surface area contributed by atoms with Crippen LogP contribution in [0.4, 0.5) is 10.1 Å². The number of halogens is 1. The molecule has 1 rings (SSSR count). The van der Waals surface area contributed by atoms with Crippen LogP contribution in [0, 0.1) is 12.7 Å². The van der Waals surface area contributed by atoms with E-state index in [9.17, 15) is 17.6 Å². The van der Waals surface area contributed by atoms with Gasteiger partial charge in [0.15, 0.2) is 0 Å². The Kier molecular flexibility index (Phi) is 4.45. The van der Waals surface area contributed by atoms with Gasteiger partial charge in [0.25, 0.3) is 0 Å². The molecule has 0 aliphatic carbocycles. The molecule has 1 aromatic rings. The first-order chi connectivity index (χ1) is 8.65. The molecule has 0 aliphatic heterocycles. The zero-order valence-electron chi connectivity index (χ0n) is 10.1. The fourth-order valence-electron chi connectivity index (χ4n) is 1.29. The number of anilines is 1. The summed E-state index contributed by atoms with van der Waals surface area (Å²) in [7, 11) is -4.02. The van der Waals surface area contributed by atoms with Crippen LogP contribution < -0.4 is 16.2 Å². The van der Waals surface area contributed by atoms with E-state index in [-0.39, 0.29) is 16.1 Å². The molecule has 6 N–H and O–H groups in total. The molecule has 0 saturated carbocycles. The maximum Gasteiger partial charge on any atom is 0.247 e. The molecular formula is C10H14FN3O4S. The lowest BCUT2D eigenvalue weighted by Gasteiger charge is -2.11. The molecule has 0 aromatic heterocycles. The second kappa shape index (κ2) is 5.51. The van der Waals surface area contributed by atoms with Crippen molar-refractivity contribution < 1.29 is 22.7 Å². The molecule has 1 aromatic carbocycles. The Morgan fingerprint density at radius 3 is 2.58 bits per heavy atom. The van der Waals surface area contributed by atoms with Crippen LogP contribution in [0.15, 0.2) is 17.0 Å². The predicted molar refractivity (Wildman–Crippen MR) is 65.9 cm³/mol. The highest BCUT2D eigenvalue weighted by Gasteiger charge is 2.20. The quantitative estimate of drug-likeness (QED) is 0.507. The lowest BCUT2D eigenvalue weighted by molar-refractivity contribution is -0.125. The molecule has 1 unspecified atom stereocenters. The molecule has 0 fully saturated rings. The summed E-state index contributed by atoms with van der Waals surface area (Å²) in [5.41, 5.74) is 9.87. The van der Waals surface area contributed by atoms with Crippen molar-refractivity contribution in [1.82, 2.24) is 4.72 Å². The maximum absolute atomic E-state index is 13.3. The summed E-state index contributed by atoms with van der Waals surface area (Å²) >= 11 is 0. The number of amides is 1. The third-order valence-corrected chi connectivity index (χ3v) is 3.76. The lowest BCUT2D eigenvalue weighted by atomic mass is 10.2. The molecule has 1 atom stereocenters. The first kappa shape index (κ1) is 15.3.